The summed E-state index contributed by atoms with van der Waals surface area (Å²) in [6.07, 6.45) is 1.02. The van der Waals surface area contributed by atoms with Crippen molar-refractivity contribution in [3.8, 4) is 11.6 Å². The minimum atomic E-state index is -0.117. The fourth-order valence-electron chi connectivity index (χ4n) is 1.70. The molecule has 2 rings (SSSR count). The van der Waals surface area contributed by atoms with Gasteiger partial charge in [0.25, 0.3) is 0 Å². The Hall–Kier alpha value is -1.42. The lowest BCUT2D eigenvalue weighted by Gasteiger charge is -2.17. The highest BCUT2D eigenvalue weighted by atomic mass is 79.9. The van der Waals surface area contributed by atoms with Gasteiger partial charge >= 0.3 is 0 Å². The van der Waals surface area contributed by atoms with Crippen molar-refractivity contribution in [3.63, 3.8) is 0 Å². The Kier molecular flexibility index (Phi) is 4.43. The van der Waals surface area contributed by atoms with Gasteiger partial charge in [-0.3, -0.25) is 0 Å². The van der Waals surface area contributed by atoms with E-state index in [0.29, 0.717) is 5.88 Å². The molecule has 0 radical (unpaired) electrons. The zero-order valence-electron chi connectivity index (χ0n) is 12.3. The Labute approximate surface area is 128 Å². The lowest BCUT2D eigenvalue weighted by Crippen LogP contribution is -2.16. The van der Waals surface area contributed by atoms with Crippen LogP contribution in [-0.2, 0) is 11.8 Å². The molecule has 1 heterocycles. The molecule has 0 saturated heterocycles. The average Bonchev–Trinajstić information content (AvgIpc) is 2.38. The summed E-state index contributed by atoms with van der Waals surface area (Å²) in [5.41, 5.74) is 1.17. The number of hydrogen-bond acceptors (Lipinski definition) is 3. The molecule has 0 N–H and O–H groups in total. The third-order valence-corrected chi connectivity index (χ3v) is 3.30. The highest BCUT2D eigenvalue weighted by molar-refractivity contribution is 9.10. The van der Waals surface area contributed by atoms with E-state index in [1.807, 2.05) is 12.1 Å². The molecule has 0 aliphatic heterocycles. The summed E-state index contributed by atoms with van der Waals surface area (Å²) < 4.78 is 6.55. The second-order valence-electron chi connectivity index (χ2n) is 5.70. The van der Waals surface area contributed by atoms with Gasteiger partial charge in [0.1, 0.15) is 16.2 Å². The first-order valence-electron chi connectivity index (χ1n) is 6.70. The fourth-order valence-corrected chi connectivity index (χ4v) is 2.06. The van der Waals surface area contributed by atoms with E-state index in [4.69, 9.17) is 4.74 Å². The second-order valence-corrected chi connectivity index (χ2v) is 6.51. The Morgan fingerprint density at radius 3 is 2.30 bits per heavy atom. The highest BCUT2D eigenvalue weighted by Gasteiger charge is 2.19. The summed E-state index contributed by atoms with van der Waals surface area (Å²) in [6.45, 7) is 8.37. The van der Waals surface area contributed by atoms with Crippen molar-refractivity contribution in [2.45, 2.75) is 39.5 Å². The van der Waals surface area contributed by atoms with Crippen molar-refractivity contribution in [1.82, 2.24) is 9.97 Å². The van der Waals surface area contributed by atoms with Crippen molar-refractivity contribution in [2.24, 2.45) is 0 Å². The van der Waals surface area contributed by atoms with Crippen molar-refractivity contribution >= 4 is 15.9 Å². The average molecular weight is 335 g/mol. The van der Waals surface area contributed by atoms with E-state index >= 15 is 0 Å². The van der Waals surface area contributed by atoms with Crippen LogP contribution in [0.15, 0.2) is 34.9 Å². The topological polar surface area (TPSA) is 35.0 Å². The predicted octanol–water partition coefficient (Wildman–Crippen LogP) is 4.89. The molecule has 3 nitrogen and oxygen atoms in total. The molecule has 2 aromatic rings. The molecule has 0 aliphatic rings. The lowest BCUT2D eigenvalue weighted by molar-refractivity contribution is 0.444. The monoisotopic (exact) mass is 334 g/mol. The molecule has 1 aromatic carbocycles. The maximum atomic E-state index is 5.81. The van der Waals surface area contributed by atoms with Crippen LogP contribution < -0.4 is 4.74 Å². The number of ether oxygens (including phenoxy) is 1. The van der Waals surface area contributed by atoms with Crippen LogP contribution in [-0.4, -0.2) is 9.97 Å². The molecule has 0 atom stereocenters. The van der Waals surface area contributed by atoms with Crippen molar-refractivity contribution in [1.29, 1.82) is 0 Å². The van der Waals surface area contributed by atoms with Crippen LogP contribution >= 0.6 is 15.9 Å². The fraction of sp³-hybridized carbons (Fsp3) is 0.375. The van der Waals surface area contributed by atoms with Crippen LogP contribution in [0.4, 0.5) is 0 Å². The zero-order chi connectivity index (χ0) is 14.8. The zero-order valence-corrected chi connectivity index (χ0v) is 13.9. The third kappa shape index (κ3) is 3.79. The first-order chi connectivity index (χ1) is 9.38. The first-order valence-corrected chi connectivity index (χ1v) is 7.49. The van der Waals surface area contributed by atoms with E-state index in [1.165, 1.54) is 5.56 Å². The van der Waals surface area contributed by atoms with E-state index in [9.17, 15) is 0 Å². The predicted molar refractivity (Wildman–Crippen MR) is 84.3 cm³/mol. The Balaban J connectivity index is 2.26. The molecule has 0 fully saturated rings. The molecule has 0 saturated carbocycles. The van der Waals surface area contributed by atoms with Crippen LogP contribution in [0, 0.1) is 0 Å². The van der Waals surface area contributed by atoms with E-state index in [0.717, 1.165) is 22.6 Å². The van der Waals surface area contributed by atoms with Gasteiger partial charge in [-0.15, -0.1) is 0 Å². The summed E-state index contributed by atoms with van der Waals surface area (Å²) >= 11 is 3.41. The minimum Gasteiger partial charge on any atom is -0.439 e. The van der Waals surface area contributed by atoms with Gasteiger partial charge in [0, 0.05) is 11.5 Å². The summed E-state index contributed by atoms with van der Waals surface area (Å²) in [6, 6.07) is 9.84. The van der Waals surface area contributed by atoms with Crippen LogP contribution in [0.3, 0.4) is 0 Å². The molecule has 4 heteroatoms. The summed E-state index contributed by atoms with van der Waals surface area (Å²) in [4.78, 5) is 8.88. The first kappa shape index (κ1) is 15.0. The van der Waals surface area contributed by atoms with Crippen LogP contribution in [0.25, 0.3) is 0 Å². The Morgan fingerprint density at radius 1 is 1.10 bits per heavy atom. The summed E-state index contributed by atoms with van der Waals surface area (Å²) in [7, 11) is 0. The Bertz CT molecular complexity index is 588. The second kappa shape index (κ2) is 5.92. The van der Waals surface area contributed by atoms with Crippen molar-refractivity contribution in [3.05, 3.63) is 46.3 Å². The summed E-state index contributed by atoms with van der Waals surface area (Å²) in [5.74, 6) is 2.10. The van der Waals surface area contributed by atoms with Crippen molar-refractivity contribution < 1.29 is 4.74 Å². The molecule has 1 aromatic heterocycles. The minimum absolute atomic E-state index is 0.117. The number of aromatic nitrogens is 2. The van der Waals surface area contributed by atoms with E-state index in [-0.39, 0.29) is 5.41 Å². The van der Waals surface area contributed by atoms with Crippen LogP contribution in [0.5, 0.6) is 11.6 Å². The normalized spacial score (nSPS) is 11.4. The molecular weight excluding hydrogens is 316 g/mol. The Morgan fingerprint density at radius 2 is 1.75 bits per heavy atom. The van der Waals surface area contributed by atoms with Gasteiger partial charge < -0.3 is 4.74 Å². The molecule has 106 valence electrons. The number of benzene rings is 1. The van der Waals surface area contributed by atoms with Crippen LogP contribution in [0.1, 0.15) is 39.1 Å². The molecule has 0 unspecified atom stereocenters. The smallest absolute Gasteiger partial charge is 0.223 e. The maximum absolute atomic E-state index is 5.81. The van der Waals surface area contributed by atoms with Gasteiger partial charge in [-0.05, 0) is 40.0 Å². The number of rotatable bonds is 3. The van der Waals surface area contributed by atoms with Crippen LogP contribution in [0.2, 0.25) is 0 Å². The van der Waals surface area contributed by atoms with E-state index < -0.39 is 0 Å². The van der Waals surface area contributed by atoms with Gasteiger partial charge in [0.15, 0.2) is 0 Å². The molecule has 0 bridgehead atoms. The quantitative estimate of drug-likeness (QED) is 0.749. The van der Waals surface area contributed by atoms with Crippen molar-refractivity contribution in [2.75, 3.05) is 0 Å². The van der Waals surface area contributed by atoms with E-state index in [1.54, 1.807) is 6.07 Å². The third-order valence-electron chi connectivity index (χ3n) is 2.90. The molecular formula is C16H19BrN2O. The summed E-state index contributed by atoms with van der Waals surface area (Å²) in [5, 5.41) is 0. The van der Waals surface area contributed by atoms with Gasteiger partial charge in [0.05, 0.1) is 0 Å². The number of nitrogens with zero attached hydrogens (tertiary/aromatic N) is 2. The number of hydrogen-bond donors (Lipinski definition) is 0. The molecule has 20 heavy (non-hydrogen) atoms. The standard InChI is InChI=1S/C16H19BrN2O/c1-5-11-6-8-12(9-7-11)20-14-10-13(17)18-15(19-14)16(2,3)4/h6-10H,5H2,1-4H3. The molecule has 0 aliphatic carbocycles. The molecule has 0 amide bonds. The number of aryl methyl sites for hydroxylation is 1. The SMILES string of the molecule is CCc1ccc(Oc2cc(Br)nc(C(C)(C)C)n2)cc1. The van der Waals surface area contributed by atoms with Gasteiger partial charge in [0.2, 0.25) is 5.88 Å². The maximum Gasteiger partial charge on any atom is 0.223 e. The molecule has 0 spiro atoms. The van der Waals surface area contributed by atoms with Gasteiger partial charge in [-0.1, -0.05) is 39.8 Å². The largest absolute Gasteiger partial charge is 0.439 e. The highest BCUT2D eigenvalue weighted by Crippen LogP contribution is 2.26. The van der Waals surface area contributed by atoms with Gasteiger partial charge in [-0.2, -0.15) is 4.98 Å². The van der Waals surface area contributed by atoms with E-state index in [2.05, 4.69) is 65.7 Å². The number of halogens is 1. The lowest BCUT2D eigenvalue weighted by atomic mass is 9.96. The van der Waals surface area contributed by atoms with Gasteiger partial charge in [-0.25, -0.2) is 4.98 Å².